The van der Waals surface area contributed by atoms with E-state index in [9.17, 15) is 4.79 Å². The van der Waals surface area contributed by atoms with Gasteiger partial charge in [0.1, 0.15) is 5.78 Å². The highest BCUT2D eigenvalue weighted by Crippen LogP contribution is 2.32. The number of hydrogen-bond acceptors (Lipinski definition) is 1. The zero-order valence-electron chi connectivity index (χ0n) is 10.8. The van der Waals surface area contributed by atoms with Gasteiger partial charge in [-0.3, -0.25) is 4.79 Å². The van der Waals surface area contributed by atoms with E-state index in [0.29, 0.717) is 11.7 Å². The molecule has 2 aromatic rings. The highest BCUT2D eigenvalue weighted by atomic mass is 16.1. The van der Waals surface area contributed by atoms with Crippen LogP contribution < -0.4 is 0 Å². The molecular formula is C17H18O. The second kappa shape index (κ2) is 4.56. The van der Waals surface area contributed by atoms with Crippen LogP contribution in [0.15, 0.2) is 36.4 Å². The fraction of sp³-hybridized carbons (Fsp3) is 0.353. The second-order valence-electron chi connectivity index (χ2n) is 5.42. The molecular weight excluding hydrogens is 220 g/mol. The molecule has 0 aliphatic heterocycles. The molecule has 92 valence electrons. The summed E-state index contributed by atoms with van der Waals surface area (Å²) >= 11 is 0. The molecule has 1 saturated carbocycles. The van der Waals surface area contributed by atoms with Crippen LogP contribution >= 0.6 is 0 Å². The monoisotopic (exact) mass is 238 g/mol. The van der Waals surface area contributed by atoms with Gasteiger partial charge in [-0.1, -0.05) is 42.0 Å². The Labute approximate surface area is 108 Å². The van der Waals surface area contributed by atoms with Crippen molar-refractivity contribution in [1.29, 1.82) is 0 Å². The molecule has 3 rings (SSSR count). The summed E-state index contributed by atoms with van der Waals surface area (Å²) in [5, 5.41) is 2.63. The van der Waals surface area contributed by atoms with E-state index in [1.807, 2.05) is 0 Å². The number of ketones is 1. The molecule has 0 bridgehead atoms. The SMILES string of the molecule is Cc1ccc2cc(C3CCC(=O)CC3)ccc2c1. The highest BCUT2D eigenvalue weighted by molar-refractivity contribution is 5.84. The first-order chi connectivity index (χ1) is 8.72. The summed E-state index contributed by atoms with van der Waals surface area (Å²) in [5.74, 6) is 1.01. The van der Waals surface area contributed by atoms with Crippen molar-refractivity contribution in [1.82, 2.24) is 0 Å². The number of aryl methyl sites for hydroxylation is 1. The molecule has 1 aliphatic rings. The number of Topliss-reactive ketones (excluding diaryl/α,β-unsaturated/α-hetero) is 1. The summed E-state index contributed by atoms with van der Waals surface area (Å²) in [6.07, 6.45) is 3.57. The first kappa shape index (κ1) is 11.5. The maximum Gasteiger partial charge on any atom is 0.132 e. The van der Waals surface area contributed by atoms with Crippen LogP contribution in [0.4, 0.5) is 0 Å². The van der Waals surface area contributed by atoms with Crippen molar-refractivity contribution < 1.29 is 4.79 Å². The fourth-order valence-corrected chi connectivity index (χ4v) is 2.91. The zero-order chi connectivity index (χ0) is 12.5. The van der Waals surface area contributed by atoms with Gasteiger partial charge in [0.2, 0.25) is 0 Å². The van der Waals surface area contributed by atoms with E-state index in [1.165, 1.54) is 21.9 Å². The fourth-order valence-electron chi connectivity index (χ4n) is 2.91. The molecule has 0 N–H and O–H groups in total. The Morgan fingerprint density at radius 1 is 0.944 bits per heavy atom. The number of carbonyl (C=O) groups excluding carboxylic acids is 1. The lowest BCUT2D eigenvalue weighted by atomic mass is 9.83. The largest absolute Gasteiger partial charge is 0.300 e. The molecule has 0 amide bonds. The van der Waals surface area contributed by atoms with E-state index in [1.54, 1.807) is 0 Å². The van der Waals surface area contributed by atoms with E-state index in [-0.39, 0.29) is 0 Å². The molecule has 1 nitrogen and oxygen atoms in total. The molecule has 1 fully saturated rings. The Hall–Kier alpha value is -1.63. The van der Waals surface area contributed by atoms with Crippen molar-refractivity contribution >= 4 is 16.6 Å². The van der Waals surface area contributed by atoms with Crippen LogP contribution in [0.2, 0.25) is 0 Å². The van der Waals surface area contributed by atoms with Gasteiger partial charge in [-0.2, -0.15) is 0 Å². The molecule has 0 spiro atoms. The van der Waals surface area contributed by atoms with E-state index >= 15 is 0 Å². The molecule has 0 radical (unpaired) electrons. The van der Waals surface area contributed by atoms with Gasteiger partial charge in [-0.15, -0.1) is 0 Å². The second-order valence-corrected chi connectivity index (χ2v) is 5.42. The lowest BCUT2D eigenvalue weighted by molar-refractivity contribution is -0.120. The van der Waals surface area contributed by atoms with Crippen LogP contribution in [0.25, 0.3) is 10.8 Å². The number of fused-ring (bicyclic) bond motifs is 1. The van der Waals surface area contributed by atoms with Crippen LogP contribution in [0.3, 0.4) is 0 Å². The van der Waals surface area contributed by atoms with Crippen LogP contribution in [0.5, 0.6) is 0 Å². The highest BCUT2D eigenvalue weighted by Gasteiger charge is 2.20. The standard InChI is InChI=1S/C17H18O/c1-12-2-3-16-11-15(5-4-14(16)10-12)13-6-8-17(18)9-7-13/h2-5,10-11,13H,6-9H2,1H3. The summed E-state index contributed by atoms with van der Waals surface area (Å²) in [5.41, 5.74) is 2.71. The Morgan fingerprint density at radius 2 is 1.61 bits per heavy atom. The van der Waals surface area contributed by atoms with Crippen molar-refractivity contribution in [2.45, 2.75) is 38.5 Å². The Bertz CT molecular complexity index is 588. The summed E-state index contributed by atoms with van der Waals surface area (Å²) in [6, 6.07) is 13.3. The average molecular weight is 238 g/mol. The third kappa shape index (κ3) is 2.17. The van der Waals surface area contributed by atoms with Gasteiger partial charge >= 0.3 is 0 Å². The van der Waals surface area contributed by atoms with E-state index in [4.69, 9.17) is 0 Å². The van der Waals surface area contributed by atoms with E-state index in [2.05, 4.69) is 43.3 Å². The first-order valence-electron chi connectivity index (χ1n) is 6.74. The van der Waals surface area contributed by atoms with E-state index < -0.39 is 0 Å². The maximum absolute atomic E-state index is 11.3. The molecule has 0 aromatic heterocycles. The van der Waals surface area contributed by atoms with Gasteiger partial charge < -0.3 is 0 Å². The number of rotatable bonds is 1. The lowest BCUT2D eigenvalue weighted by Crippen LogP contribution is -2.12. The third-order valence-corrected chi connectivity index (χ3v) is 4.03. The van der Waals surface area contributed by atoms with E-state index in [0.717, 1.165) is 25.7 Å². The minimum absolute atomic E-state index is 0.433. The topological polar surface area (TPSA) is 17.1 Å². The molecule has 1 heteroatoms. The molecule has 0 atom stereocenters. The third-order valence-electron chi connectivity index (χ3n) is 4.03. The van der Waals surface area contributed by atoms with Crippen LogP contribution in [0, 0.1) is 6.92 Å². The number of hydrogen-bond donors (Lipinski definition) is 0. The normalized spacial score (nSPS) is 17.3. The van der Waals surface area contributed by atoms with Gasteiger partial charge in [-0.25, -0.2) is 0 Å². The molecule has 1 aliphatic carbocycles. The molecule has 18 heavy (non-hydrogen) atoms. The Balaban J connectivity index is 1.93. The predicted molar refractivity (Wildman–Crippen MR) is 74.9 cm³/mol. The molecule has 2 aromatic carbocycles. The van der Waals surface area contributed by atoms with Gasteiger partial charge in [0.25, 0.3) is 0 Å². The summed E-state index contributed by atoms with van der Waals surface area (Å²) in [6.45, 7) is 2.13. The summed E-state index contributed by atoms with van der Waals surface area (Å²) in [4.78, 5) is 11.3. The Morgan fingerprint density at radius 3 is 2.39 bits per heavy atom. The minimum Gasteiger partial charge on any atom is -0.300 e. The van der Waals surface area contributed by atoms with Gasteiger partial charge in [0, 0.05) is 12.8 Å². The molecule has 0 unspecified atom stereocenters. The van der Waals surface area contributed by atoms with Gasteiger partial charge in [0.15, 0.2) is 0 Å². The lowest BCUT2D eigenvalue weighted by Gasteiger charge is -2.21. The number of benzene rings is 2. The van der Waals surface area contributed by atoms with Crippen molar-refractivity contribution in [2.24, 2.45) is 0 Å². The maximum atomic E-state index is 11.3. The smallest absolute Gasteiger partial charge is 0.132 e. The average Bonchev–Trinajstić information content (AvgIpc) is 2.39. The Kier molecular flexibility index (Phi) is 2.91. The first-order valence-corrected chi connectivity index (χ1v) is 6.74. The van der Waals surface area contributed by atoms with Crippen molar-refractivity contribution in [3.05, 3.63) is 47.5 Å². The quantitative estimate of drug-likeness (QED) is 0.720. The predicted octanol–water partition coefficient (Wildman–Crippen LogP) is 4.37. The van der Waals surface area contributed by atoms with Crippen molar-refractivity contribution in [2.75, 3.05) is 0 Å². The molecule has 0 heterocycles. The van der Waals surface area contributed by atoms with Gasteiger partial charge in [-0.05, 0) is 42.0 Å². The zero-order valence-corrected chi connectivity index (χ0v) is 10.8. The van der Waals surface area contributed by atoms with Crippen molar-refractivity contribution in [3.8, 4) is 0 Å². The minimum atomic E-state index is 0.433. The van der Waals surface area contributed by atoms with Crippen LogP contribution in [0.1, 0.15) is 42.7 Å². The van der Waals surface area contributed by atoms with Crippen LogP contribution in [-0.4, -0.2) is 5.78 Å². The summed E-state index contributed by atoms with van der Waals surface area (Å²) < 4.78 is 0. The van der Waals surface area contributed by atoms with Crippen LogP contribution in [-0.2, 0) is 4.79 Å². The molecule has 0 saturated heterocycles. The number of carbonyl (C=O) groups is 1. The summed E-state index contributed by atoms with van der Waals surface area (Å²) in [7, 11) is 0. The van der Waals surface area contributed by atoms with Crippen molar-refractivity contribution in [3.63, 3.8) is 0 Å². The van der Waals surface area contributed by atoms with Gasteiger partial charge in [0.05, 0.1) is 0 Å².